The van der Waals surface area contributed by atoms with E-state index in [4.69, 9.17) is 15.7 Å². The molecule has 0 heterocycles. The molecule has 0 radical (unpaired) electrons. The van der Waals surface area contributed by atoms with Crippen molar-refractivity contribution in [2.75, 3.05) is 24.2 Å². The third-order valence-corrected chi connectivity index (χ3v) is 3.51. The van der Waals surface area contributed by atoms with Gasteiger partial charge < -0.3 is 15.8 Å². The van der Waals surface area contributed by atoms with Crippen LogP contribution < -0.4 is 11.1 Å². The molecule has 1 fully saturated rings. The Kier molecular flexibility index (Phi) is 5.05. The lowest BCUT2D eigenvalue weighted by molar-refractivity contribution is 0.0347. The first-order valence-electron chi connectivity index (χ1n) is 6.94. The van der Waals surface area contributed by atoms with Gasteiger partial charge in [-0.2, -0.15) is 5.26 Å². The van der Waals surface area contributed by atoms with Crippen LogP contribution in [-0.4, -0.2) is 19.3 Å². The maximum atomic E-state index is 8.85. The first-order valence-corrected chi connectivity index (χ1v) is 6.94. The van der Waals surface area contributed by atoms with Crippen LogP contribution in [0.1, 0.15) is 37.7 Å². The van der Waals surface area contributed by atoms with E-state index in [2.05, 4.69) is 11.4 Å². The average molecular weight is 259 g/mol. The zero-order valence-electron chi connectivity index (χ0n) is 11.2. The van der Waals surface area contributed by atoms with Crippen LogP contribution in [0.15, 0.2) is 18.2 Å². The zero-order valence-corrected chi connectivity index (χ0v) is 11.2. The molecule has 102 valence electrons. The largest absolute Gasteiger partial charge is 0.397 e. The van der Waals surface area contributed by atoms with E-state index in [0.29, 0.717) is 24.0 Å². The Labute approximate surface area is 114 Å². The van der Waals surface area contributed by atoms with Gasteiger partial charge in [0.05, 0.1) is 35.7 Å². The van der Waals surface area contributed by atoms with E-state index in [1.807, 2.05) is 0 Å². The van der Waals surface area contributed by atoms with Crippen molar-refractivity contribution in [2.24, 2.45) is 0 Å². The molecule has 1 aliphatic carbocycles. The van der Waals surface area contributed by atoms with Gasteiger partial charge in [-0.25, -0.2) is 0 Å². The summed E-state index contributed by atoms with van der Waals surface area (Å²) in [5.74, 6) is 0. The molecule has 0 spiro atoms. The average Bonchev–Trinajstić information content (AvgIpc) is 2.46. The Hall–Kier alpha value is -1.73. The molecule has 0 amide bonds. The molecule has 1 aliphatic rings. The van der Waals surface area contributed by atoms with Crippen LogP contribution in [0.2, 0.25) is 0 Å². The van der Waals surface area contributed by atoms with Crippen LogP contribution in [0.4, 0.5) is 11.4 Å². The van der Waals surface area contributed by atoms with E-state index in [-0.39, 0.29) is 0 Å². The summed E-state index contributed by atoms with van der Waals surface area (Å²) in [5.41, 5.74) is 7.95. The topological polar surface area (TPSA) is 71.1 Å². The smallest absolute Gasteiger partial charge is 0.0992 e. The van der Waals surface area contributed by atoms with Crippen LogP contribution in [0, 0.1) is 11.3 Å². The number of hydrogen-bond acceptors (Lipinski definition) is 4. The quantitative estimate of drug-likeness (QED) is 0.630. The van der Waals surface area contributed by atoms with Crippen LogP contribution >= 0.6 is 0 Å². The first kappa shape index (κ1) is 13.7. The lowest BCUT2D eigenvalue weighted by Gasteiger charge is -2.22. The molecule has 0 bridgehead atoms. The minimum Gasteiger partial charge on any atom is -0.397 e. The lowest BCUT2D eigenvalue weighted by atomic mass is 9.98. The number of nitrogen functional groups attached to an aromatic ring is 1. The third kappa shape index (κ3) is 4.15. The molecule has 4 heteroatoms. The Morgan fingerprint density at radius 1 is 1.32 bits per heavy atom. The zero-order chi connectivity index (χ0) is 13.5. The molecule has 3 N–H and O–H groups in total. The van der Waals surface area contributed by atoms with Crippen LogP contribution in [-0.2, 0) is 4.74 Å². The molecule has 0 aliphatic heterocycles. The SMILES string of the molecule is N#Cc1ccc(N)c(NCCOC2CCCCC2)c1. The number of nitrogens with zero attached hydrogens (tertiary/aromatic N) is 1. The van der Waals surface area contributed by atoms with Gasteiger partial charge in [0, 0.05) is 6.54 Å². The summed E-state index contributed by atoms with van der Waals surface area (Å²) in [6.07, 6.45) is 6.72. The highest BCUT2D eigenvalue weighted by atomic mass is 16.5. The van der Waals surface area contributed by atoms with Gasteiger partial charge >= 0.3 is 0 Å². The fourth-order valence-electron chi connectivity index (χ4n) is 2.42. The van der Waals surface area contributed by atoms with E-state index >= 15 is 0 Å². The second-order valence-electron chi connectivity index (χ2n) is 4.97. The molecular weight excluding hydrogens is 238 g/mol. The monoisotopic (exact) mass is 259 g/mol. The predicted octanol–water partition coefficient (Wildman–Crippen LogP) is 2.90. The summed E-state index contributed by atoms with van der Waals surface area (Å²) in [7, 11) is 0. The molecule has 0 atom stereocenters. The Bertz CT molecular complexity index is 447. The van der Waals surface area contributed by atoms with Crippen molar-refractivity contribution in [3.05, 3.63) is 23.8 Å². The van der Waals surface area contributed by atoms with Gasteiger partial charge in [-0.1, -0.05) is 19.3 Å². The van der Waals surface area contributed by atoms with E-state index in [1.165, 1.54) is 32.1 Å². The molecule has 0 unspecified atom stereocenters. The van der Waals surface area contributed by atoms with E-state index in [1.54, 1.807) is 18.2 Å². The van der Waals surface area contributed by atoms with Crippen molar-refractivity contribution in [1.29, 1.82) is 5.26 Å². The van der Waals surface area contributed by atoms with Crippen LogP contribution in [0.3, 0.4) is 0 Å². The van der Waals surface area contributed by atoms with Gasteiger partial charge in [0.2, 0.25) is 0 Å². The van der Waals surface area contributed by atoms with Gasteiger partial charge in [0.25, 0.3) is 0 Å². The lowest BCUT2D eigenvalue weighted by Crippen LogP contribution is -2.20. The fourth-order valence-corrected chi connectivity index (χ4v) is 2.42. The fraction of sp³-hybridized carbons (Fsp3) is 0.533. The van der Waals surface area contributed by atoms with Crippen LogP contribution in [0.5, 0.6) is 0 Å². The summed E-state index contributed by atoms with van der Waals surface area (Å²) in [6, 6.07) is 7.36. The molecule has 1 aromatic rings. The summed E-state index contributed by atoms with van der Waals surface area (Å²) in [5, 5.41) is 12.1. The van der Waals surface area contributed by atoms with E-state index in [9.17, 15) is 0 Å². The van der Waals surface area contributed by atoms with Crippen molar-refractivity contribution in [3.63, 3.8) is 0 Å². The number of hydrogen-bond donors (Lipinski definition) is 2. The maximum absolute atomic E-state index is 8.85. The minimum absolute atomic E-state index is 0.429. The van der Waals surface area contributed by atoms with Crippen LogP contribution in [0.25, 0.3) is 0 Å². The summed E-state index contributed by atoms with van der Waals surface area (Å²) in [6.45, 7) is 1.40. The van der Waals surface area contributed by atoms with Crippen molar-refractivity contribution in [2.45, 2.75) is 38.2 Å². The number of nitriles is 1. The number of benzene rings is 1. The van der Waals surface area contributed by atoms with Gasteiger partial charge in [0.1, 0.15) is 0 Å². The van der Waals surface area contributed by atoms with E-state index in [0.717, 1.165) is 12.2 Å². The molecule has 0 aromatic heterocycles. The second kappa shape index (κ2) is 7.01. The van der Waals surface area contributed by atoms with Crippen molar-refractivity contribution >= 4 is 11.4 Å². The molecule has 0 saturated heterocycles. The molecular formula is C15H21N3O. The van der Waals surface area contributed by atoms with Gasteiger partial charge in [-0.05, 0) is 31.0 Å². The third-order valence-electron chi connectivity index (χ3n) is 3.51. The summed E-state index contributed by atoms with van der Waals surface area (Å²) >= 11 is 0. The number of rotatable bonds is 5. The highest BCUT2D eigenvalue weighted by Crippen LogP contribution is 2.21. The second-order valence-corrected chi connectivity index (χ2v) is 4.97. The maximum Gasteiger partial charge on any atom is 0.0992 e. The van der Waals surface area contributed by atoms with Gasteiger partial charge in [-0.15, -0.1) is 0 Å². The standard InChI is InChI=1S/C15H21N3O/c16-11-12-6-7-14(17)15(10-12)18-8-9-19-13-4-2-1-3-5-13/h6-7,10,13,18H,1-5,8-9,17H2. The molecule has 1 aromatic carbocycles. The van der Waals surface area contributed by atoms with Crippen molar-refractivity contribution in [1.82, 2.24) is 0 Å². The number of ether oxygens (including phenoxy) is 1. The Balaban J connectivity index is 1.74. The molecule has 2 rings (SSSR count). The van der Waals surface area contributed by atoms with Crippen molar-refractivity contribution in [3.8, 4) is 6.07 Å². The molecule has 1 saturated carbocycles. The Morgan fingerprint density at radius 2 is 2.11 bits per heavy atom. The Morgan fingerprint density at radius 3 is 2.84 bits per heavy atom. The van der Waals surface area contributed by atoms with E-state index < -0.39 is 0 Å². The predicted molar refractivity (Wildman–Crippen MR) is 76.9 cm³/mol. The number of nitrogens with two attached hydrogens (primary N) is 1. The van der Waals surface area contributed by atoms with Crippen molar-refractivity contribution < 1.29 is 4.74 Å². The molecule has 19 heavy (non-hydrogen) atoms. The minimum atomic E-state index is 0.429. The first-order chi connectivity index (χ1) is 9.29. The summed E-state index contributed by atoms with van der Waals surface area (Å²) in [4.78, 5) is 0. The van der Waals surface area contributed by atoms with Gasteiger partial charge in [0.15, 0.2) is 0 Å². The highest BCUT2D eigenvalue weighted by Gasteiger charge is 2.13. The number of nitrogens with one attached hydrogen (secondary N) is 1. The highest BCUT2D eigenvalue weighted by molar-refractivity contribution is 5.68. The summed E-state index contributed by atoms with van der Waals surface area (Å²) < 4.78 is 5.83. The van der Waals surface area contributed by atoms with Gasteiger partial charge in [-0.3, -0.25) is 0 Å². The normalized spacial score (nSPS) is 15.9. The number of anilines is 2. The molecule has 4 nitrogen and oxygen atoms in total.